The molecular weight excluding hydrogens is 187 g/mol. The number of para-hydroxylation sites is 2. The van der Waals surface area contributed by atoms with Crippen molar-refractivity contribution in [1.29, 1.82) is 0 Å². The molecule has 0 saturated heterocycles. The molecule has 5 heteroatoms. The fourth-order valence-corrected chi connectivity index (χ4v) is 1.07. The summed E-state index contributed by atoms with van der Waals surface area (Å²) in [5, 5.41) is 0. The third-order valence-corrected chi connectivity index (χ3v) is 1.86. The highest BCUT2D eigenvalue weighted by Gasteiger charge is 2.13. The molecule has 2 N–H and O–H groups in total. The minimum absolute atomic E-state index is 0.00296. The van der Waals surface area contributed by atoms with E-state index >= 15 is 0 Å². The first-order valence-corrected chi connectivity index (χ1v) is 4.05. The van der Waals surface area contributed by atoms with E-state index in [2.05, 4.69) is 4.94 Å². The van der Waals surface area contributed by atoms with Crippen LogP contribution in [-0.4, -0.2) is 19.5 Å². The molecule has 0 saturated carbocycles. The Bertz CT molecular complexity index is 330. The van der Waals surface area contributed by atoms with Gasteiger partial charge < -0.3 is 10.6 Å². The number of carbonyl (C=O) groups excluding carboxylic acids is 1. The molecule has 76 valence electrons. The zero-order valence-corrected chi connectivity index (χ0v) is 7.74. The van der Waals surface area contributed by atoms with Crippen LogP contribution in [0.2, 0.25) is 0 Å². The smallest absolute Gasteiger partial charge is 0.240 e. The summed E-state index contributed by atoms with van der Waals surface area (Å²) in [6.07, 6.45) is 0. The minimum Gasteiger partial charge on any atom is -0.322 e. The molecule has 0 unspecified atom stereocenters. The maximum Gasteiger partial charge on any atom is 0.240 e. The second-order valence-corrected chi connectivity index (χ2v) is 2.70. The summed E-state index contributed by atoms with van der Waals surface area (Å²) >= 11 is 0. The zero-order valence-electron chi connectivity index (χ0n) is 7.74. The summed E-state index contributed by atoms with van der Waals surface area (Å²) in [7, 11) is 1.51. The van der Waals surface area contributed by atoms with Gasteiger partial charge in [-0.15, -0.1) is 0 Å². The van der Waals surface area contributed by atoms with Crippen molar-refractivity contribution in [2.45, 2.75) is 0 Å². The number of likely N-dealkylation sites (N-methyl/N-ethyl adjacent to an activating group) is 1. The normalized spacial score (nSPS) is 9.64. The molecule has 0 atom stereocenters. The molecule has 0 heterocycles. The summed E-state index contributed by atoms with van der Waals surface area (Å²) in [4.78, 5) is 16.1. The SMILES string of the molecule is CN(C(=O)CN)c1ccccc1OF. The van der Waals surface area contributed by atoms with Gasteiger partial charge in [0.15, 0.2) is 5.75 Å². The Hall–Kier alpha value is -1.62. The van der Waals surface area contributed by atoms with Crippen LogP contribution in [0.25, 0.3) is 0 Å². The van der Waals surface area contributed by atoms with Crippen LogP contribution in [0, 0.1) is 0 Å². The summed E-state index contributed by atoms with van der Waals surface area (Å²) in [5.41, 5.74) is 5.53. The number of carbonyl (C=O) groups is 1. The molecule has 0 fully saturated rings. The maximum atomic E-state index is 12.0. The Labute approximate surface area is 81.0 Å². The Kier molecular flexibility index (Phi) is 3.41. The lowest BCUT2D eigenvalue weighted by Crippen LogP contribution is -2.32. The number of nitrogens with two attached hydrogens (primary N) is 1. The third kappa shape index (κ3) is 2.00. The van der Waals surface area contributed by atoms with E-state index in [1.54, 1.807) is 18.2 Å². The van der Waals surface area contributed by atoms with Crippen LogP contribution in [0.5, 0.6) is 5.75 Å². The van der Waals surface area contributed by atoms with Crippen molar-refractivity contribution in [3.63, 3.8) is 0 Å². The topological polar surface area (TPSA) is 55.6 Å². The molecule has 1 aromatic rings. The summed E-state index contributed by atoms with van der Waals surface area (Å²) in [6, 6.07) is 6.29. The van der Waals surface area contributed by atoms with E-state index in [9.17, 15) is 9.32 Å². The van der Waals surface area contributed by atoms with Crippen molar-refractivity contribution in [2.24, 2.45) is 5.73 Å². The second-order valence-electron chi connectivity index (χ2n) is 2.70. The molecule has 1 rings (SSSR count). The van der Waals surface area contributed by atoms with E-state index in [1.165, 1.54) is 18.0 Å². The molecule has 0 radical (unpaired) electrons. The predicted molar refractivity (Wildman–Crippen MR) is 50.6 cm³/mol. The number of anilines is 1. The van der Waals surface area contributed by atoms with Crippen molar-refractivity contribution in [3.05, 3.63) is 24.3 Å². The highest BCUT2D eigenvalue weighted by Crippen LogP contribution is 2.27. The highest BCUT2D eigenvalue weighted by atomic mass is 19.3. The van der Waals surface area contributed by atoms with Crippen molar-refractivity contribution in [1.82, 2.24) is 0 Å². The number of nitrogens with zero attached hydrogens (tertiary/aromatic N) is 1. The van der Waals surface area contributed by atoms with Gasteiger partial charge in [-0.1, -0.05) is 12.1 Å². The number of rotatable bonds is 3. The van der Waals surface area contributed by atoms with E-state index < -0.39 is 0 Å². The van der Waals surface area contributed by atoms with E-state index in [0.29, 0.717) is 5.69 Å². The standard InChI is InChI=1S/C9H11FN2O2/c1-12(9(13)6-11)7-4-2-3-5-8(7)14-10/h2-5H,6,11H2,1H3. The van der Waals surface area contributed by atoms with Gasteiger partial charge >= 0.3 is 0 Å². The van der Waals surface area contributed by atoms with E-state index in [1.807, 2.05) is 0 Å². The fourth-order valence-electron chi connectivity index (χ4n) is 1.07. The summed E-state index contributed by atoms with van der Waals surface area (Å²) in [5.74, 6) is -0.314. The Morgan fingerprint density at radius 2 is 2.21 bits per heavy atom. The monoisotopic (exact) mass is 198 g/mol. The van der Waals surface area contributed by atoms with Crippen LogP contribution in [0.4, 0.5) is 10.2 Å². The van der Waals surface area contributed by atoms with Gasteiger partial charge in [0.1, 0.15) is 0 Å². The molecule has 0 aliphatic rings. The quantitative estimate of drug-likeness (QED) is 0.784. The molecule has 4 nitrogen and oxygen atoms in total. The van der Waals surface area contributed by atoms with Gasteiger partial charge in [0.25, 0.3) is 0 Å². The minimum atomic E-state index is -0.311. The number of hydrogen-bond donors (Lipinski definition) is 1. The van der Waals surface area contributed by atoms with Gasteiger partial charge in [0.2, 0.25) is 5.91 Å². The fraction of sp³-hybridized carbons (Fsp3) is 0.222. The Balaban J connectivity index is 2.99. The van der Waals surface area contributed by atoms with Gasteiger partial charge in [-0.25, -0.2) is 0 Å². The first-order valence-electron chi connectivity index (χ1n) is 4.05. The van der Waals surface area contributed by atoms with Crippen LogP contribution in [0.3, 0.4) is 0 Å². The molecule has 0 spiro atoms. The van der Waals surface area contributed by atoms with Crippen LogP contribution >= 0.6 is 0 Å². The van der Waals surface area contributed by atoms with Crippen molar-refractivity contribution < 1.29 is 14.3 Å². The lowest BCUT2D eigenvalue weighted by atomic mass is 10.2. The molecule has 1 aromatic carbocycles. The summed E-state index contributed by atoms with van der Waals surface area (Å²) in [6.45, 7) is -0.128. The van der Waals surface area contributed by atoms with E-state index in [-0.39, 0.29) is 18.2 Å². The number of amides is 1. The van der Waals surface area contributed by atoms with Crippen molar-refractivity contribution in [3.8, 4) is 5.75 Å². The lowest BCUT2D eigenvalue weighted by Gasteiger charge is -2.17. The molecule has 0 bridgehead atoms. The zero-order chi connectivity index (χ0) is 10.6. The maximum absolute atomic E-state index is 12.0. The number of benzene rings is 1. The number of halogens is 1. The largest absolute Gasteiger partial charge is 0.322 e. The van der Waals surface area contributed by atoms with Crippen LogP contribution in [-0.2, 0) is 4.79 Å². The van der Waals surface area contributed by atoms with Crippen LogP contribution in [0.15, 0.2) is 24.3 Å². The summed E-state index contributed by atoms with van der Waals surface area (Å²) < 4.78 is 12.0. The number of hydrogen-bond acceptors (Lipinski definition) is 3. The first kappa shape index (κ1) is 10.5. The first-order chi connectivity index (χ1) is 6.70. The molecule has 0 aliphatic heterocycles. The van der Waals surface area contributed by atoms with Crippen LogP contribution < -0.4 is 15.6 Å². The third-order valence-electron chi connectivity index (χ3n) is 1.86. The van der Waals surface area contributed by atoms with Gasteiger partial charge in [-0.3, -0.25) is 9.74 Å². The molecule has 14 heavy (non-hydrogen) atoms. The van der Waals surface area contributed by atoms with Gasteiger partial charge in [-0.05, 0) is 12.1 Å². The molecule has 0 aromatic heterocycles. The lowest BCUT2D eigenvalue weighted by molar-refractivity contribution is -0.117. The second kappa shape index (κ2) is 4.57. The Morgan fingerprint density at radius 1 is 1.57 bits per heavy atom. The van der Waals surface area contributed by atoms with Gasteiger partial charge in [0.05, 0.1) is 12.2 Å². The van der Waals surface area contributed by atoms with Crippen LogP contribution in [0.1, 0.15) is 0 Å². The highest BCUT2D eigenvalue weighted by molar-refractivity contribution is 5.95. The van der Waals surface area contributed by atoms with Gasteiger partial charge in [0, 0.05) is 11.6 Å². The Morgan fingerprint density at radius 3 is 2.79 bits per heavy atom. The van der Waals surface area contributed by atoms with E-state index in [4.69, 9.17) is 5.73 Å². The average Bonchev–Trinajstić information content (AvgIpc) is 2.26. The van der Waals surface area contributed by atoms with E-state index in [0.717, 1.165) is 0 Å². The average molecular weight is 198 g/mol. The predicted octanol–water partition coefficient (Wildman–Crippen LogP) is 0.871. The molecule has 0 aliphatic carbocycles. The molecular formula is C9H11FN2O2. The molecule has 1 amide bonds. The van der Waals surface area contributed by atoms with Gasteiger partial charge in [-0.2, -0.15) is 0 Å². The van der Waals surface area contributed by atoms with Crippen molar-refractivity contribution in [2.75, 3.05) is 18.5 Å². The van der Waals surface area contributed by atoms with Crippen molar-refractivity contribution >= 4 is 11.6 Å².